The first-order chi connectivity index (χ1) is 15.6. The van der Waals surface area contributed by atoms with E-state index in [1.807, 2.05) is 19.0 Å². The van der Waals surface area contributed by atoms with Gasteiger partial charge in [0.05, 0.1) is 19.1 Å². The molecule has 0 aliphatic carbocycles. The molecular formula is C22H28N4O5S2. The van der Waals surface area contributed by atoms with E-state index in [9.17, 15) is 13.2 Å². The summed E-state index contributed by atoms with van der Waals surface area (Å²) in [6, 6.07) is 9.51. The summed E-state index contributed by atoms with van der Waals surface area (Å²) in [6.07, 6.45) is 0. The summed E-state index contributed by atoms with van der Waals surface area (Å²) in [6.45, 7) is 1.01. The van der Waals surface area contributed by atoms with Crippen LogP contribution in [0, 0.1) is 0 Å². The Morgan fingerprint density at radius 2 is 1.55 bits per heavy atom. The van der Waals surface area contributed by atoms with Crippen molar-refractivity contribution < 1.29 is 22.7 Å². The third-order valence-corrected chi connectivity index (χ3v) is 7.95. The number of amides is 1. The molecule has 178 valence electrons. The van der Waals surface area contributed by atoms with Crippen LogP contribution in [0.1, 0.15) is 10.4 Å². The van der Waals surface area contributed by atoms with Gasteiger partial charge in [-0.2, -0.15) is 0 Å². The molecule has 0 aliphatic rings. The Labute approximate surface area is 198 Å². The lowest BCUT2D eigenvalue weighted by atomic mass is 10.2. The second-order valence-corrected chi connectivity index (χ2v) is 10.8. The number of sulfonamides is 1. The molecule has 0 fully saturated rings. The fourth-order valence-corrected chi connectivity index (χ4v) is 5.11. The summed E-state index contributed by atoms with van der Waals surface area (Å²) in [4.78, 5) is 21.9. The van der Waals surface area contributed by atoms with Crippen LogP contribution in [0.4, 0.5) is 5.13 Å². The number of nitrogens with zero attached hydrogens (tertiary/aromatic N) is 4. The third kappa shape index (κ3) is 5.11. The first kappa shape index (κ1) is 24.9. The summed E-state index contributed by atoms with van der Waals surface area (Å²) in [7, 11) is 6.35. The number of aromatic nitrogens is 1. The SMILES string of the molecule is COc1ccc(OC)c2sc(N(CCN(C)C)C(=O)c3ccc(S(=O)(=O)N(C)C)cc3)nc12. The van der Waals surface area contributed by atoms with Gasteiger partial charge in [-0.15, -0.1) is 0 Å². The second-order valence-electron chi connectivity index (χ2n) is 7.72. The number of carbonyl (C=O) groups is 1. The molecule has 11 heteroatoms. The Morgan fingerprint density at radius 3 is 2.09 bits per heavy atom. The molecule has 0 aliphatic heterocycles. The molecule has 9 nitrogen and oxygen atoms in total. The predicted molar refractivity (Wildman–Crippen MR) is 130 cm³/mol. The molecule has 0 saturated heterocycles. The molecule has 2 aromatic carbocycles. The van der Waals surface area contributed by atoms with E-state index in [1.165, 1.54) is 49.7 Å². The minimum absolute atomic E-state index is 0.123. The van der Waals surface area contributed by atoms with Gasteiger partial charge in [0.15, 0.2) is 5.13 Å². The number of anilines is 1. The largest absolute Gasteiger partial charge is 0.495 e. The molecule has 3 rings (SSSR count). The number of methoxy groups -OCH3 is 2. The number of rotatable bonds is 9. The first-order valence-corrected chi connectivity index (χ1v) is 12.4. The number of likely N-dealkylation sites (N-methyl/N-ethyl adjacent to an activating group) is 1. The monoisotopic (exact) mass is 492 g/mol. The van der Waals surface area contributed by atoms with Gasteiger partial charge in [0.1, 0.15) is 21.7 Å². The summed E-state index contributed by atoms with van der Waals surface area (Å²) < 4.78 is 37.5. The van der Waals surface area contributed by atoms with Crippen LogP contribution in [0.3, 0.4) is 0 Å². The van der Waals surface area contributed by atoms with Gasteiger partial charge in [-0.3, -0.25) is 9.69 Å². The Kier molecular flexibility index (Phi) is 7.58. The molecule has 0 spiro atoms. The van der Waals surface area contributed by atoms with Crippen LogP contribution in [0.5, 0.6) is 11.5 Å². The van der Waals surface area contributed by atoms with Gasteiger partial charge < -0.3 is 14.4 Å². The van der Waals surface area contributed by atoms with Crippen molar-refractivity contribution in [3.63, 3.8) is 0 Å². The van der Waals surface area contributed by atoms with Gasteiger partial charge in [0.2, 0.25) is 10.0 Å². The van der Waals surface area contributed by atoms with Crippen LogP contribution >= 0.6 is 11.3 Å². The van der Waals surface area contributed by atoms with Crippen LogP contribution in [0.15, 0.2) is 41.3 Å². The molecule has 0 saturated carbocycles. The van der Waals surface area contributed by atoms with Crippen molar-refractivity contribution in [3.8, 4) is 11.5 Å². The van der Waals surface area contributed by atoms with Gasteiger partial charge in [0, 0.05) is 32.7 Å². The molecule has 1 amide bonds. The second kappa shape index (κ2) is 10.0. The molecule has 1 heterocycles. The summed E-state index contributed by atoms with van der Waals surface area (Å²) in [5, 5.41) is 0.504. The Hall–Kier alpha value is -2.73. The highest BCUT2D eigenvalue weighted by atomic mass is 32.2. The average Bonchev–Trinajstić information content (AvgIpc) is 3.23. The molecule has 0 atom stereocenters. The number of benzene rings is 2. The van der Waals surface area contributed by atoms with Gasteiger partial charge in [-0.1, -0.05) is 11.3 Å². The number of hydrogen-bond donors (Lipinski definition) is 0. The van der Waals surface area contributed by atoms with Crippen molar-refractivity contribution in [2.45, 2.75) is 4.90 Å². The zero-order chi connectivity index (χ0) is 24.3. The number of ether oxygens (including phenoxy) is 2. The van der Waals surface area contributed by atoms with E-state index in [-0.39, 0.29) is 10.8 Å². The minimum atomic E-state index is -3.58. The lowest BCUT2D eigenvalue weighted by Gasteiger charge is -2.22. The molecule has 0 unspecified atom stereocenters. The Balaban J connectivity index is 2.04. The predicted octanol–water partition coefficient (Wildman–Crippen LogP) is 2.77. The molecule has 0 N–H and O–H groups in total. The maximum absolute atomic E-state index is 13.5. The lowest BCUT2D eigenvalue weighted by Crippen LogP contribution is -2.36. The van der Waals surface area contributed by atoms with E-state index < -0.39 is 10.0 Å². The van der Waals surface area contributed by atoms with Crippen LogP contribution in [-0.4, -0.2) is 84.0 Å². The van der Waals surface area contributed by atoms with Gasteiger partial charge in [0.25, 0.3) is 5.91 Å². The van der Waals surface area contributed by atoms with E-state index in [1.54, 1.807) is 31.3 Å². The van der Waals surface area contributed by atoms with Gasteiger partial charge in [-0.25, -0.2) is 17.7 Å². The average molecular weight is 493 g/mol. The summed E-state index contributed by atoms with van der Waals surface area (Å²) in [5.74, 6) is 0.960. The van der Waals surface area contributed by atoms with Crippen molar-refractivity contribution in [1.29, 1.82) is 0 Å². The fraction of sp³-hybridized carbons (Fsp3) is 0.364. The maximum atomic E-state index is 13.5. The Morgan fingerprint density at radius 1 is 0.939 bits per heavy atom. The van der Waals surface area contributed by atoms with Crippen LogP contribution in [0.25, 0.3) is 10.2 Å². The molecule has 1 aromatic heterocycles. The number of fused-ring (bicyclic) bond motifs is 1. The van der Waals surface area contributed by atoms with Crippen molar-refractivity contribution >= 4 is 42.6 Å². The molecular weight excluding hydrogens is 464 g/mol. The highest BCUT2D eigenvalue weighted by Gasteiger charge is 2.25. The minimum Gasteiger partial charge on any atom is -0.495 e. The number of hydrogen-bond acceptors (Lipinski definition) is 8. The zero-order valence-electron chi connectivity index (χ0n) is 19.5. The quantitative estimate of drug-likeness (QED) is 0.454. The van der Waals surface area contributed by atoms with Crippen LogP contribution in [-0.2, 0) is 10.0 Å². The van der Waals surface area contributed by atoms with E-state index in [4.69, 9.17) is 14.5 Å². The molecule has 0 radical (unpaired) electrons. The van der Waals surface area contributed by atoms with Crippen molar-refractivity contribution in [1.82, 2.24) is 14.2 Å². The normalized spacial score (nSPS) is 11.9. The van der Waals surface area contributed by atoms with E-state index >= 15 is 0 Å². The van der Waals surface area contributed by atoms with Crippen molar-refractivity contribution in [2.24, 2.45) is 0 Å². The molecule has 0 bridgehead atoms. The van der Waals surface area contributed by atoms with Crippen molar-refractivity contribution in [3.05, 3.63) is 42.0 Å². The van der Waals surface area contributed by atoms with E-state index in [2.05, 4.69) is 0 Å². The summed E-state index contributed by atoms with van der Waals surface area (Å²) >= 11 is 1.34. The highest BCUT2D eigenvalue weighted by Crippen LogP contribution is 2.40. The lowest BCUT2D eigenvalue weighted by molar-refractivity contribution is 0.0985. The topological polar surface area (TPSA) is 92.3 Å². The van der Waals surface area contributed by atoms with Crippen LogP contribution in [0.2, 0.25) is 0 Å². The smallest absolute Gasteiger partial charge is 0.260 e. The van der Waals surface area contributed by atoms with Crippen molar-refractivity contribution in [2.75, 3.05) is 60.4 Å². The number of carbonyl (C=O) groups excluding carboxylic acids is 1. The zero-order valence-corrected chi connectivity index (χ0v) is 21.2. The summed E-state index contributed by atoms with van der Waals surface area (Å²) in [5.41, 5.74) is 0.983. The standard InChI is InChI=1S/C22H28N4O5S2/c1-24(2)13-14-26(21(27)15-7-9-16(10-8-15)33(28,29)25(3)4)22-23-19-17(30-5)11-12-18(31-6)20(19)32-22/h7-12H,13-14H2,1-6H3. The molecule has 3 aromatic rings. The Bertz CT molecular complexity index is 1200. The number of thiazole rings is 1. The van der Waals surface area contributed by atoms with Gasteiger partial charge in [-0.05, 0) is 50.5 Å². The first-order valence-electron chi connectivity index (χ1n) is 10.1. The fourth-order valence-electron chi connectivity index (χ4n) is 3.11. The van der Waals surface area contributed by atoms with Crippen LogP contribution < -0.4 is 14.4 Å². The molecule has 33 heavy (non-hydrogen) atoms. The van der Waals surface area contributed by atoms with E-state index in [0.29, 0.717) is 40.8 Å². The maximum Gasteiger partial charge on any atom is 0.260 e. The highest BCUT2D eigenvalue weighted by molar-refractivity contribution is 7.89. The van der Waals surface area contributed by atoms with E-state index in [0.717, 1.165) is 9.01 Å². The third-order valence-electron chi connectivity index (χ3n) is 5.03. The van der Waals surface area contributed by atoms with Gasteiger partial charge >= 0.3 is 0 Å².